The van der Waals surface area contributed by atoms with E-state index in [1.165, 1.54) is 6.20 Å². The van der Waals surface area contributed by atoms with Gasteiger partial charge in [0.2, 0.25) is 5.95 Å². The molecule has 22 heavy (non-hydrogen) atoms. The minimum atomic E-state index is -0.445. The van der Waals surface area contributed by atoms with Crippen LogP contribution in [-0.2, 0) is 6.42 Å². The summed E-state index contributed by atoms with van der Waals surface area (Å²) in [5, 5.41) is 10.2. The van der Waals surface area contributed by atoms with Crippen molar-refractivity contribution in [1.82, 2.24) is 4.98 Å². The number of halogens is 1. The lowest BCUT2D eigenvalue weighted by atomic mass is 9.93. The fourth-order valence-electron chi connectivity index (χ4n) is 3.84. The zero-order valence-electron chi connectivity index (χ0n) is 12.3. The fourth-order valence-corrected chi connectivity index (χ4v) is 3.84. The van der Waals surface area contributed by atoms with Crippen molar-refractivity contribution in [2.45, 2.75) is 31.3 Å². The number of aromatic nitrogens is 1. The van der Waals surface area contributed by atoms with Crippen LogP contribution in [0.3, 0.4) is 0 Å². The van der Waals surface area contributed by atoms with Gasteiger partial charge in [0.05, 0.1) is 19.3 Å². The lowest BCUT2D eigenvalue weighted by Gasteiger charge is -2.38. The van der Waals surface area contributed by atoms with Crippen LogP contribution in [0.15, 0.2) is 30.5 Å². The van der Waals surface area contributed by atoms with Gasteiger partial charge < -0.3 is 14.7 Å². The third kappa shape index (κ3) is 1.85. The van der Waals surface area contributed by atoms with Crippen molar-refractivity contribution in [2.24, 2.45) is 0 Å². The molecule has 0 saturated carbocycles. The molecule has 1 aromatic heterocycles. The first-order valence-electron chi connectivity index (χ1n) is 7.47. The number of hydrogen-bond donors (Lipinski definition) is 1. The lowest BCUT2D eigenvalue weighted by Crippen LogP contribution is -2.38. The smallest absolute Gasteiger partial charge is 0.216 e. The number of aromatic hydroxyl groups is 1. The predicted octanol–water partition coefficient (Wildman–Crippen LogP) is 3.20. The Morgan fingerprint density at radius 3 is 2.77 bits per heavy atom. The van der Waals surface area contributed by atoms with Crippen LogP contribution < -0.4 is 9.64 Å². The first kappa shape index (κ1) is 13.4. The van der Waals surface area contributed by atoms with Crippen molar-refractivity contribution in [1.29, 1.82) is 0 Å². The monoisotopic (exact) mass is 300 g/mol. The summed E-state index contributed by atoms with van der Waals surface area (Å²) in [4.78, 5) is 5.95. The fraction of sp³-hybridized carbons (Fsp3) is 0.353. The SMILES string of the molecule is COc1ccc(N2[C@H]3CC[C@@H]2c2c(O)cnc(F)c2C3)cc1. The highest BCUT2D eigenvalue weighted by Crippen LogP contribution is 2.49. The summed E-state index contributed by atoms with van der Waals surface area (Å²) in [5.41, 5.74) is 2.37. The van der Waals surface area contributed by atoms with E-state index in [2.05, 4.69) is 9.88 Å². The molecule has 5 heteroatoms. The molecule has 0 aliphatic carbocycles. The summed E-state index contributed by atoms with van der Waals surface area (Å²) in [5.74, 6) is 0.464. The number of benzene rings is 1. The number of ether oxygens (including phenoxy) is 1. The predicted molar refractivity (Wildman–Crippen MR) is 80.8 cm³/mol. The number of rotatable bonds is 2. The maximum atomic E-state index is 14.0. The molecular weight excluding hydrogens is 283 g/mol. The maximum Gasteiger partial charge on any atom is 0.216 e. The molecule has 2 aromatic rings. The van der Waals surface area contributed by atoms with Gasteiger partial charge in [-0.25, -0.2) is 4.98 Å². The van der Waals surface area contributed by atoms with E-state index < -0.39 is 5.95 Å². The number of nitrogens with zero attached hydrogens (tertiary/aromatic N) is 2. The topological polar surface area (TPSA) is 45.6 Å². The van der Waals surface area contributed by atoms with Crippen molar-refractivity contribution in [2.75, 3.05) is 12.0 Å². The van der Waals surface area contributed by atoms with Gasteiger partial charge >= 0.3 is 0 Å². The third-order valence-electron chi connectivity index (χ3n) is 4.80. The van der Waals surface area contributed by atoms with E-state index in [9.17, 15) is 9.50 Å². The minimum Gasteiger partial charge on any atom is -0.506 e. The molecule has 1 N–H and O–H groups in total. The van der Waals surface area contributed by atoms with Crippen LogP contribution in [-0.4, -0.2) is 23.2 Å². The Morgan fingerprint density at radius 1 is 1.27 bits per heavy atom. The molecule has 4 rings (SSSR count). The molecule has 114 valence electrons. The van der Waals surface area contributed by atoms with Crippen LogP contribution in [0, 0.1) is 5.95 Å². The Hall–Kier alpha value is -2.30. The van der Waals surface area contributed by atoms with Crippen molar-refractivity contribution in [3.05, 3.63) is 47.5 Å². The van der Waals surface area contributed by atoms with Crippen LogP contribution in [0.2, 0.25) is 0 Å². The van der Waals surface area contributed by atoms with E-state index in [1.807, 2.05) is 24.3 Å². The lowest BCUT2D eigenvalue weighted by molar-refractivity contribution is 0.414. The van der Waals surface area contributed by atoms with E-state index in [0.717, 1.165) is 24.3 Å². The highest BCUT2D eigenvalue weighted by Gasteiger charge is 2.42. The molecule has 2 bridgehead atoms. The Kier molecular flexibility index (Phi) is 2.96. The summed E-state index contributed by atoms with van der Waals surface area (Å²) in [6.07, 6.45) is 3.72. The van der Waals surface area contributed by atoms with Gasteiger partial charge in [0.25, 0.3) is 0 Å². The number of fused-ring (bicyclic) bond motifs is 4. The average Bonchev–Trinajstić information content (AvgIpc) is 2.84. The number of methoxy groups -OCH3 is 1. The van der Waals surface area contributed by atoms with Crippen LogP contribution in [0.5, 0.6) is 11.5 Å². The minimum absolute atomic E-state index is 0.0136. The van der Waals surface area contributed by atoms with Gasteiger partial charge in [-0.3, -0.25) is 0 Å². The van der Waals surface area contributed by atoms with E-state index in [-0.39, 0.29) is 17.8 Å². The van der Waals surface area contributed by atoms with Crippen molar-refractivity contribution < 1.29 is 14.2 Å². The second-order valence-corrected chi connectivity index (χ2v) is 5.88. The summed E-state index contributed by atoms with van der Waals surface area (Å²) >= 11 is 0. The van der Waals surface area contributed by atoms with E-state index in [0.29, 0.717) is 17.5 Å². The zero-order chi connectivity index (χ0) is 15.3. The van der Waals surface area contributed by atoms with Crippen LogP contribution in [0.25, 0.3) is 0 Å². The number of pyridine rings is 1. The standard InChI is InChI=1S/C17H17FN2O2/c1-22-12-5-2-10(3-6-12)20-11-4-7-14(20)16-13(8-11)17(18)19-9-15(16)21/h2-3,5-6,9,11,14,21H,4,7-8H2,1H3/t11-,14+/m0/s1. The maximum absolute atomic E-state index is 14.0. The first-order valence-corrected chi connectivity index (χ1v) is 7.47. The van der Waals surface area contributed by atoms with Gasteiger partial charge in [-0.05, 0) is 43.5 Å². The molecule has 2 aliphatic heterocycles. The highest BCUT2D eigenvalue weighted by molar-refractivity contribution is 5.58. The summed E-state index contributed by atoms with van der Waals surface area (Å²) < 4.78 is 19.2. The molecule has 0 spiro atoms. The normalized spacial score (nSPS) is 22.5. The molecule has 1 fully saturated rings. The van der Waals surface area contributed by atoms with Crippen LogP contribution in [0.4, 0.5) is 10.1 Å². The highest BCUT2D eigenvalue weighted by atomic mass is 19.1. The summed E-state index contributed by atoms with van der Waals surface area (Å²) in [6.45, 7) is 0. The Labute approximate surface area is 128 Å². The van der Waals surface area contributed by atoms with Crippen molar-refractivity contribution >= 4 is 5.69 Å². The molecule has 3 heterocycles. The summed E-state index contributed by atoms with van der Waals surface area (Å²) in [6, 6.07) is 8.16. The Morgan fingerprint density at radius 2 is 2.05 bits per heavy atom. The van der Waals surface area contributed by atoms with E-state index in [1.54, 1.807) is 7.11 Å². The number of hydrogen-bond acceptors (Lipinski definition) is 4. The van der Waals surface area contributed by atoms with Gasteiger partial charge in [0, 0.05) is 22.9 Å². The Bertz CT molecular complexity index is 717. The van der Waals surface area contributed by atoms with Gasteiger partial charge in [0.1, 0.15) is 11.5 Å². The molecule has 2 atom stereocenters. The van der Waals surface area contributed by atoms with Gasteiger partial charge in [-0.1, -0.05) is 0 Å². The van der Waals surface area contributed by atoms with E-state index >= 15 is 0 Å². The second-order valence-electron chi connectivity index (χ2n) is 5.88. The quantitative estimate of drug-likeness (QED) is 0.865. The molecule has 0 unspecified atom stereocenters. The van der Waals surface area contributed by atoms with Gasteiger partial charge in [-0.2, -0.15) is 4.39 Å². The molecule has 2 aliphatic rings. The zero-order valence-corrected chi connectivity index (χ0v) is 12.3. The molecule has 1 aromatic carbocycles. The van der Waals surface area contributed by atoms with Gasteiger partial charge in [0.15, 0.2) is 0 Å². The molecule has 1 saturated heterocycles. The molecular formula is C17H17FN2O2. The molecule has 4 nitrogen and oxygen atoms in total. The number of anilines is 1. The first-order chi connectivity index (χ1) is 10.7. The van der Waals surface area contributed by atoms with E-state index in [4.69, 9.17) is 4.74 Å². The van der Waals surface area contributed by atoms with Crippen LogP contribution >= 0.6 is 0 Å². The van der Waals surface area contributed by atoms with Crippen molar-refractivity contribution in [3.8, 4) is 11.5 Å². The Balaban J connectivity index is 1.78. The largest absolute Gasteiger partial charge is 0.506 e. The third-order valence-corrected chi connectivity index (χ3v) is 4.80. The van der Waals surface area contributed by atoms with Crippen molar-refractivity contribution in [3.63, 3.8) is 0 Å². The van der Waals surface area contributed by atoms with Gasteiger partial charge in [-0.15, -0.1) is 0 Å². The molecule has 0 amide bonds. The summed E-state index contributed by atoms with van der Waals surface area (Å²) in [7, 11) is 1.64. The molecule has 0 radical (unpaired) electrons. The van der Waals surface area contributed by atoms with Crippen LogP contribution in [0.1, 0.15) is 30.0 Å². The second kappa shape index (κ2) is 4.87. The average molecular weight is 300 g/mol.